The second kappa shape index (κ2) is 5.94. The standard InChI is InChI=1S/C15H20N2O3/c1-10-8-11(2)14(12(3)9-10)16-13(18)4-5-17-6-7-20-15(17)19/h8-9H,4-7H2,1-3H3,(H,16,18). The Bertz CT molecular complexity index is 517. The fraction of sp³-hybridized carbons (Fsp3) is 0.467. The minimum Gasteiger partial charge on any atom is -0.448 e. The van der Waals surface area contributed by atoms with E-state index in [2.05, 4.69) is 5.32 Å². The van der Waals surface area contributed by atoms with Crippen molar-refractivity contribution in [3.05, 3.63) is 28.8 Å². The van der Waals surface area contributed by atoms with Gasteiger partial charge >= 0.3 is 6.09 Å². The lowest BCUT2D eigenvalue weighted by Gasteiger charge is -2.15. The van der Waals surface area contributed by atoms with Crippen LogP contribution in [0.4, 0.5) is 10.5 Å². The SMILES string of the molecule is Cc1cc(C)c(NC(=O)CCN2CCOC2=O)c(C)c1. The molecule has 108 valence electrons. The van der Waals surface area contributed by atoms with Crippen LogP contribution in [-0.4, -0.2) is 36.6 Å². The van der Waals surface area contributed by atoms with Crippen molar-refractivity contribution in [2.24, 2.45) is 0 Å². The molecule has 1 aromatic rings. The Kier molecular flexibility index (Phi) is 4.27. The average molecular weight is 276 g/mol. The van der Waals surface area contributed by atoms with Crippen LogP contribution in [0.25, 0.3) is 0 Å². The zero-order valence-electron chi connectivity index (χ0n) is 12.2. The van der Waals surface area contributed by atoms with Crippen LogP contribution in [0.15, 0.2) is 12.1 Å². The monoisotopic (exact) mass is 276 g/mol. The van der Waals surface area contributed by atoms with Gasteiger partial charge in [0, 0.05) is 18.7 Å². The first-order valence-electron chi connectivity index (χ1n) is 6.77. The van der Waals surface area contributed by atoms with Crippen LogP contribution < -0.4 is 5.32 Å². The molecule has 20 heavy (non-hydrogen) atoms. The Balaban J connectivity index is 1.93. The lowest BCUT2D eigenvalue weighted by atomic mass is 10.1. The number of nitrogens with zero attached hydrogens (tertiary/aromatic N) is 1. The molecule has 1 fully saturated rings. The van der Waals surface area contributed by atoms with Gasteiger partial charge in [0.2, 0.25) is 5.91 Å². The summed E-state index contributed by atoms with van der Waals surface area (Å²) in [7, 11) is 0. The van der Waals surface area contributed by atoms with Gasteiger partial charge in [0.15, 0.2) is 0 Å². The van der Waals surface area contributed by atoms with Crippen LogP contribution in [-0.2, 0) is 9.53 Å². The largest absolute Gasteiger partial charge is 0.448 e. The molecule has 0 saturated carbocycles. The van der Waals surface area contributed by atoms with Gasteiger partial charge in [-0.05, 0) is 31.9 Å². The lowest BCUT2D eigenvalue weighted by Crippen LogP contribution is -2.28. The van der Waals surface area contributed by atoms with E-state index in [9.17, 15) is 9.59 Å². The smallest absolute Gasteiger partial charge is 0.409 e. The van der Waals surface area contributed by atoms with Gasteiger partial charge in [-0.25, -0.2) is 4.79 Å². The molecule has 0 spiro atoms. The normalized spacial score (nSPS) is 14.3. The summed E-state index contributed by atoms with van der Waals surface area (Å²) in [6.45, 7) is 7.37. The van der Waals surface area contributed by atoms with Gasteiger partial charge in [0.1, 0.15) is 6.61 Å². The van der Waals surface area contributed by atoms with Gasteiger partial charge in [-0.3, -0.25) is 4.79 Å². The quantitative estimate of drug-likeness (QED) is 0.918. The number of amides is 2. The molecular weight excluding hydrogens is 256 g/mol. The number of ether oxygens (including phenoxy) is 1. The number of nitrogens with one attached hydrogen (secondary N) is 1. The Labute approximate surface area is 118 Å². The van der Waals surface area contributed by atoms with Crippen LogP contribution in [0.1, 0.15) is 23.1 Å². The molecule has 2 amide bonds. The maximum absolute atomic E-state index is 12.0. The first-order chi connectivity index (χ1) is 9.47. The van der Waals surface area contributed by atoms with Crippen LogP contribution >= 0.6 is 0 Å². The van der Waals surface area contributed by atoms with Crippen LogP contribution in [0, 0.1) is 20.8 Å². The highest BCUT2D eigenvalue weighted by Crippen LogP contribution is 2.22. The summed E-state index contributed by atoms with van der Waals surface area (Å²) >= 11 is 0. The summed E-state index contributed by atoms with van der Waals surface area (Å²) in [4.78, 5) is 24.8. The van der Waals surface area contributed by atoms with Crippen molar-refractivity contribution >= 4 is 17.7 Å². The van der Waals surface area contributed by atoms with E-state index in [1.54, 1.807) is 4.90 Å². The zero-order chi connectivity index (χ0) is 14.7. The topological polar surface area (TPSA) is 58.6 Å². The molecule has 1 aliphatic rings. The molecule has 0 aliphatic carbocycles. The average Bonchev–Trinajstić information content (AvgIpc) is 2.77. The van der Waals surface area contributed by atoms with Gasteiger partial charge in [-0.1, -0.05) is 17.7 Å². The Morgan fingerprint density at radius 1 is 1.30 bits per heavy atom. The molecule has 0 atom stereocenters. The van der Waals surface area contributed by atoms with E-state index in [1.807, 2.05) is 32.9 Å². The molecule has 0 unspecified atom stereocenters. The van der Waals surface area contributed by atoms with Crippen LogP contribution in [0.5, 0.6) is 0 Å². The summed E-state index contributed by atoms with van der Waals surface area (Å²) < 4.78 is 4.82. The molecule has 5 nitrogen and oxygen atoms in total. The predicted octanol–water partition coefficient (Wildman–Crippen LogP) is 2.39. The Hall–Kier alpha value is -2.04. The zero-order valence-corrected chi connectivity index (χ0v) is 12.2. The van der Waals surface area contributed by atoms with Crippen LogP contribution in [0.2, 0.25) is 0 Å². The number of anilines is 1. The molecule has 1 N–H and O–H groups in total. The van der Waals surface area contributed by atoms with E-state index in [0.29, 0.717) is 19.7 Å². The minimum atomic E-state index is -0.333. The van der Waals surface area contributed by atoms with Crippen molar-refractivity contribution in [1.82, 2.24) is 4.90 Å². The van der Waals surface area contributed by atoms with Gasteiger partial charge < -0.3 is 15.0 Å². The molecular formula is C15H20N2O3. The van der Waals surface area contributed by atoms with Gasteiger partial charge in [-0.15, -0.1) is 0 Å². The first-order valence-corrected chi connectivity index (χ1v) is 6.77. The Morgan fingerprint density at radius 3 is 2.50 bits per heavy atom. The molecule has 5 heteroatoms. The van der Waals surface area contributed by atoms with Gasteiger partial charge in [-0.2, -0.15) is 0 Å². The van der Waals surface area contributed by atoms with Gasteiger partial charge in [0.05, 0.1) is 6.54 Å². The van der Waals surface area contributed by atoms with Crippen molar-refractivity contribution in [2.75, 3.05) is 25.0 Å². The maximum Gasteiger partial charge on any atom is 0.409 e. The second-order valence-corrected chi connectivity index (χ2v) is 5.17. The highest BCUT2D eigenvalue weighted by Gasteiger charge is 2.22. The van der Waals surface area contributed by atoms with E-state index in [0.717, 1.165) is 16.8 Å². The van der Waals surface area contributed by atoms with E-state index >= 15 is 0 Å². The molecule has 1 aliphatic heterocycles. The third kappa shape index (κ3) is 3.29. The predicted molar refractivity (Wildman–Crippen MR) is 76.8 cm³/mol. The number of carbonyl (C=O) groups excluding carboxylic acids is 2. The van der Waals surface area contributed by atoms with E-state index < -0.39 is 0 Å². The van der Waals surface area contributed by atoms with Crippen LogP contribution in [0.3, 0.4) is 0 Å². The van der Waals surface area contributed by atoms with E-state index in [4.69, 9.17) is 4.74 Å². The maximum atomic E-state index is 12.0. The molecule has 2 rings (SSSR count). The van der Waals surface area contributed by atoms with E-state index in [-0.39, 0.29) is 18.4 Å². The number of hydrogen-bond donors (Lipinski definition) is 1. The number of benzene rings is 1. The van der Waals surface area contributed by atoms with E-state index in [1.165, 1.54) is 5.56 Å². The number of rotatable bonds is 4. The lowest BCUT2D eigenvalue weighted by molar-refractivity contribution is -0.116. The summed E-state index contributed by atoms with van der Waals surface area (Å²) in [5.74, 6) is -0.0836. The molecule has 0 aromatic heterocycles. The van der Waals surface area contributed by atoms with Crippen molar-refractivity contribution in [3.63, 3.8) is 0 Å². The fourth-order valence-electron chi connectivity index (χ4n) is 2.44. The third-order valence-electron chi connectivity index (χ3n) is 3.40. The minimum absolute atomic E-state index is 0.0836. The molecule has 0 radical (unpaired) electrons. The summed E-state index contributed by atoms with van der Waals surface area (Å²) in [6.07, 6.45) is -0.0533. The summed E-state index contributed by atoms with van der Waals surface area (Å²) in [5.41, 5.74) is 4.15. The van der Waals surface area contributed by atoms with Crippen molar-refractivity contribution < 1.29 is 14.3 Å². The number of cyclic esters (lactones) is 1. The first kappa shape index (κ1) is 14.4. The summed E-state index contributed by atoms with van der Waals surface area (Å²) in [6, 6.07) is 4.08. The number of hydrogen-bond acceptors (Lipinski definition) is 3. The number of aryl methyl sites for hydroxylation is 3. The Morgan fingerprint density at radius 2 is 1.95 bits per heavy atom. The third-order valence-corrected chi connectivity index (χ3v) is 3.40. The second-order valence-electron chi connectivity index (χ2n) is 5.17. The van der Waals surface area contributed by atoms with Crippen molar-refractivity contribution in [3.8, 4) is 0 Å². The fourth-order valence-corrected chi connectivity index (χ4v) is 2.44. The number of carbonyl (C=O) groups is 2. The van der Waals surface area contributed by atoms with Crippen molar-refractivity contribution in [1.29, 1.82) is 0 Å². The summed E-state index contributed by atoms with van der Waals surface area (Å²) in [5, 5.41) is 2.93. The highest BCUT2D eigenvalue weighted by molar-refractivity contribution is 5.92. The molecule has 1 heterocycles. The highest BCUT2D eigenvalue weighted by atomic mass is 16.6. The van der Waals surface area contributed by atoms with Crippen molar-refractivity contribution in [2.45, 2.75) is 27.2 Å². The molecule has 1 aromatic carbocycles. The molecule has 1 saturated heterocycles. The molecule has 0 bridgehead atoms. The van der Waals surface area contributed by atoms with Gasteiger partial charge in [0.25, 0.3) is 0 Å².